The maximum Gasteiger partial charge on any atom is 0.459 e. The zero-order chi connectivity index (χ0) is 18.4. The van der Waals surface area contributed by atoms with E-state index in [-0.39, 0.29) is 0 Å². The molecule has 130 valence electrons. The Labute approximate surface area is 112 Å². The highest BCUT2D eigenvalue weighted by Gasteiger charge is 2.68. The number of carbonyl (C=O) groups excluding carboxylic acids is 2. The number of hydrogen-bond donors (Lipinski definition) is 0. The van der Waals surface area contributed by atoms with Crippen molar-refractivity contribution in [1.29, 1.82) is 0 Å². The van der Waals surface area contributed by atoms with E-state index in [2.05, 4.69) is 0 Å². The van der Waals surface area contributed by atoms with Gasteiger partial charge in [-0.15, -0.1) is 0 Å². The lowest BCUT2D eigenvalue weighted by Gasteiger charge is -2.20. The first kappa shape index (κ1) is 20.6. The number of carbonyl (C=O) groups is 2. The Hall–Kier alpha value is -1.45. The minimum atomic E-state index is -7.58. The summed E-state index contributed by atoms with van der Waals surface area (Å²) >= 11 is 0. The molecule has 0 unspecified atom stereocenters. The van der Waals surface area contributed by atoms with Gasteiger partial charge in [0.05, 0.1) is 0 Å². The molecular formula is C6F10O5S. The van der Waals surface area contributed by atoms with Crippen molar-refractivity contribution in [2.75, 3.05) is 0 Å². The standard InChI is InChI=1S/C6F10O5S/c7-3(8,9)1(17)5(13,14)21-22(19,20)6(15,16)2(18)4(10,11)12. The van der Waals surface area contributed by atoms with Crippen LogP contribution in [0.3, 0.4) is 0 Å². The second-order valence-corrected chi connectivity index (χ2v) is 4.81. The first-order valence-corrected chi connectivity index (χ1v) is 5.61. The molecule has 0 bridgehead atoms. The summed E-state index contributed by atoms with van der Waals surface area (Å²) in [6.07, 6.45) is -19.5. The van der Waals surface area contributed by atoms with E-state index >= 15 is 0 Å². The topological polar surface area (TPSA) is 77.5 Å². The van der Waals surface area contributed by atoms with Crippen molar-refractivity contribution in [1.82, 2.24) is 0 Å². The summed E-state index contributed by atoms with van der Waals surface area (Å²) in [5, 5.41) is -6.71. The quantitative estimate of drug-likeness (QED) is 0.542. The molecule has 0 radical (unpaired) electrons. The van der Waals surface area contributed by atoms with Crippen molar-refractivity contribution in [2.45, 2.75) is 23.7 Å². The van der Waals surface area contributed by atoms with Crippen LogP contribution in [0.4, 0.5) is 43.9 Å². The minimum Gasteiger partial charge on any atom is -0.281 e. The molecule has 0 aliphatic rings. The Morgan fingerprint density at radius 2 is 1.00 bits per heavy atom. The molecule has 16 heteroatoms. The predicted octanol–water partition coefficient (Wildman–Crippen LogP) is 1.78. The van der Waals surface area contributed by atoms with E-state index in [4.69, 9.17) is 0 Å². The van der Waals surface area contributed by atoms with Gasteiger partial charge >= 0.3 is 45.4 Å². The highest BCUT2D eigenvalue weighted by atomic mass is 32.2. The van der Waals surface area contributed by atoms with Gasteiger partial charge in [0.25, 0.3) is 0 Å². The Balaban J connectivity index is 5.71. The number of Topliss-reactive ketones (excluding diaryl/α,β-unsaturated/α-hetero) is 2. The monoisotopic (exact) mass is 374 g/mol. The highest BCUT2D eigenvalue weighted by molar-refractivity contribution is 7.88. The number of alkyl halides is 10. The molecule has 0 N–H and O–H groups in total. The zero-order valence-electron chi connectivity index (χ0n) is 9.23. The van der Waals surface area contributed by atoms with Crippen molar-refractivity contribution in [3.05, 3.63) is 0 Å². The molecular weight excluding hydrogens is 374 g/mol. The molecule has 0 atom stereocenters. The Morgan fingerprint density at radius 3 is 1.27 bits per heavy atom. The lowest BCUT2D eigenvalue weighted by atomic mass is 10.4. The molecule has 22 heavy (non-hydrogen) atoms. The molecule has 0 spiro atoms. The molecule has 0 aromatic carbocycles. The number of rotatable bonds is 5. The van der Waals surface area contributed by atoms with Gasteiger partial charge in [0.1, 0.15) is 0 Å². The van der Waals surface area contributed by atoms with Crippen molar-refractivity contribution >= 4 is 21.7 Å². The summed E-state index contributed by atoms with van der Waals surface area (Å²) < 4.78 is 143. The summed E-state index contributed by atoms with van der Waals surface area (Å²) in [6, 6.07) is 0. The molecule has 0 saturated carbocycles. The van der Waals surface area contributed by atoms with Gasteiger partial charge < -0.3 is 0 Å². The van der Waals surface area contributed by atoms with Crippen LogP contribution in [0.25, 0.3) is 0 Å². The zero-order valence-corrected chi connectivity index (χ0v) is 10.0. The molecule has 0 aromatic heterocycles. The second kappa shape index (κ2) is 5.32. The summed E-state index contributed by atoms with van der Waals surface area (Å²) in [7, 11) is -7.58. The van der Waals surface area contributed by atoms with Crippen LogP contribution in [0.2, 0.25) is 0 Å². The number of hydrogen-bond acceptors (Lipinski definition) is 5. The van der Waals surface area contributed by atoms with Crippen LogP contribution in [0.5, 0.6) is 0 Å². The van der Waals surface area contributed by atoms with Crippen molar-refractivity contribution in [3.8, 4) is 0 Å². The van der Waals surface area contributed by atoms with Crippen LogP contribution in [-0.2, 0) is 23.9 Å². The fourth-order valence-corrected chi connectivity index (χ4v) is 1.47. The molecule has 0 aliphatic carbocycles. The van der Waals surface area contributed by atoms with Gasteiger partial charge in [0, 0.05) is 0 Å². The lowest BCUT2D eigenvalue weighted by molar-refractivity contribution is -0.231. The van der Waals surface area contributed by atoms with E-state index < -0.39 is 45.4 Å². The van der Waals surface area contributed by atoms with Gasteiger partial charge in [-0.1, -0.05) is 0 Å². The normalized spacial score (nSPS) is 14.8. The first-order valence-electron chi connectivity index (χ1n) is 4.21. The first-order chi connectivity index (χ1) is 9.27. The fraction of sp³-hybridized carbons (Fsp3) is 0.667. The number of ketones is 2. The van der Waals surface area contributed by atoms with Crippen LogP contribution in [0, 0.1) is 0 Å². The molecule has 0 fully saturated rings. The lowest BCUT2D eigenvalue weighted by Crippen LogP contribution is -2.51. The van der Waals surface area contributed by atoms with Crippen LogP contribution in [-0.4, -0.2) is 43.7 Å². The van der Waals surface area contributed by atoms with Crippen LogP contribution < -0.4 is 0 Å². The van der Waals surface area contributed by atoms with E-state index in [1.165, 1.54) is 0 Å². The third kappa shape index (κ3) is 4.05. The summed E-state index contributed by atoms with van der Waals surface area (Å²) in [4.78, 5) is 20.1. The smallest absolute Gasteiger partial charge is 0.281 e. The molecule has 0 saturated heterocycles. The van der Waals surface area contributed by atoms with Crippen molar-refractivity contribution in [2.24, 2.45) is 0 Å². The molecule has 5 nitrogen and oxygen atoms in total. The van der Waals surface area contributed by atoms with E-state index in [1.807, 2.05) is 4.18 Å². The summed E-state index contributed by atoms with van der Waals surface area (Å²) in [5.74, 6) is -8.70. The van der Waals surface area contributed by atoms with Gasteiger partial charge in [0.2, 0.25) is 0 Å². The summed E-state index contributed by atoms with van der Waals surface area (Å²) in [6.45, 7) is 0. The van der Waals surface area contributed by atoms with Crippen molar-refractivity contribution < 1.29 is 66.1 Å². The fourth-order valence-electron chi connectivity index (χ4n) is 0.672. The van der Waals surface area contributed by atoms with E-state index in [0.717, 1.165) is 0 Å². The van der Waals surface area contributed by atoms with Gasteiger partial charge in [-0.25, -0.2) is 0 Å². The maximum absolute atomic E-state index is 12.7. The molecule has 0 aromatic rings. The van der Waals surface area contributed by atoms with Gasteiger partial charge in [-0.3, -0.25) is 9.59 Å². The minimum absolute atomic E-state index is 1.89. The average Bonchev–Trinajstić information content (AvgIpc) is 2.22. The molecule has 0 aliphatic heterocycles. The largest absolute Gasteiger partial charge is 0.459 e. The molecule has 0 rings (SSSR count). The van der Waals surface area contributed by atoms with E-state index in [1.54, 1.807) is 0 Å². The van der Waals surface area contributed by atoms with Gasteiger partial charge in [-0.2, -0.15) is 56.5 Å². The van der Waals surface area contributed by atoms with Crippen LogP contribution in [0.15, 0.2) is 0 Å². The van der Waals surface area contributed by atoms with Crippen LogP contribution in [0.1, 0.15) is 0 Å². The molecule has 0 amide bonds. The molecule has 0 heterocycles. The van der Waals surface area contributed by atoms with E-state index in [0.29, 0.717) is 0 Å². The number of halogens is 10. The Morgan fingerprint density at radius 1 is 0.682 bits per heavy atom. The van der Waals surface area contributed by atoms with E-state index in [9.17, 15) is 61.9 Å². The highest BCUT2D eigenvalue weighted by Crippen LogP contribution is 2.37. The third-order valence-electron chi connectivity index (χ3n) is 1.57. The Kier molecular flexibility index (Phi) is 4.97. The maximum atomic E-state index is 12.7. The van der Waals surface area contributed by atoms with Gasteiger partial charge in [0.15, 0.2) is 0 Å². The SMILES string of the molecule is O=C(C(F)(F)F)C(F)(F)OS(=O)(=O)C(F)(F)C(=O)C(F)(F)F. The van der Waals surface area contributed by atoms with Crippen LogP contribution >= 0.6 is 0 Å². The predicted molar refractivity (Wildman–Crippen MR) is 42.0 cm³/mol. The average molecular weight is 374 g/mol. The summed E-state index contributed by atoms with van der Waals surface area (Å²) in [5.41, 5.74) is 0. The third-order valence-corrected chi connectivity index (χ3v) is 2.81. The van der Waals surface area contributed by atoms with Crippen molar-refractivity contribution in [3.63, 3.8) is 0 Å². The Bertz CT molecular complexity index is 570. The van der Waals surface area contributed by atoms with Gasteiger partial charge in [-0.05, 0) is 0 Å². The second-order valence-electron chi connectivity index (χ2n) is 3.22.